The Morgan fingerprint density at radius 1 is 0.377 bits per heavy atom. The molecule has 11 aromatic rings. The number of hydrogen-bond acceptors (Lipinski definition) is 1. The summed E-state index contributed by atoms with van der Waals surface area (Å²) < 4.78 is 180. The third kappa shape index (κ3) is 4.71. The molecule has 0 atom stereocenters. The molecule has 1 heterocycles. The third-order valence-corrected chi connectivity index (χ3v) is 9.60. The molecule has 0 aliphatic rings. The predicted molar refractivity (Wildman–Crippen MR) is 225 cm³/mol. The first-order valence-corrected chi connectivity index (χ1v) is 16.7. The van der Waals surface area contributed by atoms with Gasteiger partial charge in [-0.2, -0.15) is 0 Å². The van der Waals surface area contributed by atoms with Crippen molar-refractivity contribution < 1.29 is 30.5 Å². The maximum Gasteiger partial charge on any atom is 0.143 e. The van der Waals surface area contributed by atoms with Gasteiger partial charge in [-0.15, -0.1) is 0 Å². The number of furan rings is 1. The van der Waals surface area contributed by atoms with Gasteiger partial charge < -0.3 is 4.42 Å². The zero-order chi connectivity index (χ0) is 51.4. The summed E-state index contributed by atoms with van der Waals surface area (Å²) in [5, 5.41) is -0.00391. The average molecular weight is 692 g/mol. The average Bonchev–Trinajstić information content (AvgIpc) is 3.77. The Hall–Kier alpha value is -6.96. The van der Waals surface area contributed by atoms with Crippen LogP contribution in [-0.4, -0.2) is 0 Å². The lowest BCUT2D eigenvalue weighted by Gasteiger charge is -2.18. The van der Waals surface area contributed by atoms with E-state index in [9.17, 15) is 13.7 Å². The van der Waals surface area contributed by atoms with Crippen molar-refractivity contribution >= 4 is 65.0 Å². The van der Waals surface area contributed by atoms with E-state index in [-0.39, 0.29) is 10.9 Å². The molecule has 1 nitrogen and oxygen atoms in total. The minimum Gasteiger partial charge on any atom is -0.455 e. The molecule has 0 N–H and O–H groups in total. The summed E-state index contributed by atoms with van der Waals surface area (Å²) in [5.41, 5.74) is 0.296. The van der Waals surface area contributed by atoms with Gasteiger partial charge >= 0.3 is 0 Å². The summed E-state index contributed by atoms with van der Waals surface area (Å²) in [7, 11) is 0. The van der Waals surface area contributed by atoms with Crippen molar-refractivity contribution in [3.63, 3.8) is 0 Å². The standard InChI is InChI=1S/C52H32O/c1-2-13-34(14-3-1)49-43-16-6-8-18-45(43)50(46-19-9-7-17-44(46)49)40-29-26-36-31-38(28-25-37(36)32-40)41-20-11-23-48-51(41)47-22-10-21-42(52(47)53-48)39-27-24-33-12-4-5-15-35(33)30-39/h1-32H/i1D,2D,3D,6D,7D,8D,9D,13D,14D,16D,17D,18D,19D,25D,26D,28D,29D,31D,32D. The zero-order valence-electron chi connectivity index (χ0n) is 46.4. The van der Waals surface area contributed by atoms with Crippen LogP contribution in [0.5, 0.6) is 0 Å². The first kappa shape index (κ1) is 16.6. The SMILES string of the molecule is [2H]c1c([2H])c([2H])c(-c2c3c([2H])c([2H])c([2H])c([2H])c3c(-c3c([2H])c([2H])c4c([2H])c(-c5cccc6oc7c(-c8ccc9ccccc9c8)cccc7c56)c([2H])c([2H])c4c3[2H])c3c([2H])c([2H])c([2H])c([2H])c23)c([2H])c1[2H]. The summed E-state index contributed by atoms with van der Waals surface area (Å²) in [6.45, 7) is 0. The number of rotatable bonds is 4. The van der Waals surface area contributed by atoms with Gasteiger partial charge in [0.05, 0.1) is 26.0 Å². The van der Waals surface area contributed by atoms with Crippen molar-refractivity contribution in [2.24, 2.45) is 0 Å². The van der Waals surface area contributed by atoms with E-state index in [1.165, 1.54) is 0 Å². The molecule has 11 rings (SSSR count). The minimum atomic E-state index is -0.871. The van der Waals surface area contributed by atoms with Gasteiger partial charge in [0.25, 0.3) is 0 Å². The van der Waals surface area contributed by atoms with Crippen LogP contribution in [0.2, 0.25) is 0 Å². The van der Waals surface area contributed by atoms with Gasteiger partial charge in [-0.1, -0.05) is 169 Å². The monoisotopic (exact) mass is 691 g/mol. The van der Waals surface area contributed by atoms with Crippen molar-refractivity contribution in [1.82, 2.24) is 0 Å². The van der Waals surface area contributed by atoms with E-state index in [0.29, 0.717) is 27.5 Å². The van der Waals surface area contributed by atoms with Gasteiger partial charge in [-0.05, 0) is 106 Å². The second kappa shape index (κ2) is 11.8. The first-order valence-electron chi connectivity index (χ1n) is 26.2. The van der Waals surface area contributed by atoms with Crippen LogP contribution in [0.1, 0.15) is 26.0 Å². The summed E-state index contributed by atoms with van der Waals surface area (Å²) in [4.78, 5) is 0. The van der Waals surface area contributed by atoms with E-state index < -0.39 is 164 Å². The molecule has 0 bridgehead atoms. The quantitative estimate of drug-likeness (QED) is 0.167. The van der Waals surface area contributed by atoms with E-state index in [1.807, 2.05) is 60.7 Å². The highest BCUT2D eigenvalue weighted by atomic mass is 16.3. The van der Waals surface area contributed by atoms with E-state index >= 15 is 0 Å². The van der Waals surface area contributed by atoms with Crippen molar-refractivity contribution in [3.8, 4) is 44.5 Å². The fourth-order valence-corrected chi connectivity index (χ4v) is 7.27. The van der Waals surface area contributed by atoms with Gasteiger partial charge in [-0.25, -0.2) is 0 Å². The maximum absolute atomic E-state index is 9.83. The van der Waals surface area contributed by atoms with Crippen LogP contribution < -0.4 is 0 Å². The van der Waals surface area contributed by atoms with Crippen LogP contribution in [0.25, 0.3) is 110 Å². The fraction of sp³-hybridized carbons (Fsp3) is 0. The van der Waals surface area contributed by atoms with Crippen molar-refractivity contribution in [2.75, 3.05) is 0 Å². The lowest BCUT2D eigenvalue weighted by atomic mass is 9.85. The van der Waals surface area contributed by atoms with Crippen LogP contribution in [0.4, 0.5) is 0 Å². The second-order valence-corrected chi connectivity index (χ2v) is 12.5. The number of fused-ring (bicyclic) bond motifs is 7. The molecular formula is C52H32O. The molecule has 246 valence electrons. The summed E-state index contributed by atoms with van der Waals surface area (Å²) in [6.07, 6.45) is 0. The number of benzene rings is 10. The van der Waals surface area contributed by atoms with Crippen molar-refractivity contribution in [3.05, 3.63) is 194 Å². The zero-order valence-corrected chi connectivity index (χ0v) is 27.4. The smallest absolute Gasteiger partial charge is 0.143 e. The molecule has 1 aromatic heterocycles. The van der Waals surface area contributed by atoms with Gasteiger partial charge in [0, 0.05) is 16.3 Å². The van der Waals surface area contributed by atoms with Gasteiger partial charge in [0.15, 0.2) is 0 Å². The van der Waals surface area contributed by atoms with E-state index in [4.69, 9.17) is 16.8 Å². The Morgan fingerprint density at radius 2 is 0.981 bits per heavy atom. The molecule has 53 heavy (non-hydrogen) atoms. The molecule has 0 saturated carbocycles. The molecule has 0 saturated heterocycles. The van der Waals surface area contributed by atoms with E-state index in [1.54, 1.807) is 18.2 Å². The van der Waals surface area contributed by atoms with Crippen LogP contribution in [0.3, 0.4) is 0 Å². The summed E-state index contributed by atoms with van der Waals surface area (Å²) >= 11 is 0. The third-order valence-electron chi connectivity index (χ3n) is 9.60. The number of para-hydroxylation sites is 1. The lowest BCUT2D eigenvalue weighted by Crippen LogP contribution is -1.90. The molecule has 0 spiro atoms. The molecule has 10 aromatic carbocycles. The highest BCUT2D eigenvalue weighted by Gasteiger charge is 2.18. The Balaban J connectivity index is 1.26. The van der Waals surface area contributed by atoms with Crippen molar-refractivity contribution in [2.45, 2.75) is 0 Å². The topological polar surface area (TPSA) is 13.1 Å². The van der Waals surface area contributed by atoms with Gasteiger partial charge in [-0.3, -0.25) is 0 Å². The molecule has 0 aliphatic heterocycles. The van der Waals surface area contributed by atoms with Crippen LogP contribution in [-0.2, 0) is 0 Å². The Bertz CT molecular complexity index is 4220. The highest BCUT2D eigenvalue weighted by molar-refractivity contribution is 6.22. The van der Waals surface area contributed by atoms with Gasteiger partial charge in [0.2, 0.25) is 0 Å². The summed E-state index contributed by atoms with van der Waals surface area (Å²) in [6, 6.07) is 9.38. The van der Waals surface area contributed by atoms with Crippen LogP contribution in [0, 0.1) is 0 Å². The van der Waals surface area contributed by atoms with E-state index in [0.717, 1.165) is 21.9 Å². The molecule has 0 radical (unpaired) electrons. The predicted octanol–water partition coefficient (Wildman–Crippen LogP) is 14.9. The van der Waals surface area contributed by atoms with Crippen molar-refractivity contribution in [1.29, 1.82) is 0 Å². The lowest BCUT2D eigenvalue weighted by molar-refractivity contribution is 0.670. The Labute approximate surface area is 333 Å². The Kier molecular flexibility index (Phi) is 3.69. The second-order valence-electron chi connectivity index (χ2n) is 12.5. The van der Waals surface area contributed by atoms with Crippen LogP contribution in [0.15, 0.2) is 198 Å². The minimum absolute atomic E-state index is 0.112. The molecule has 1 heteroatoms. The number of hydrogen-bond donors (Lipinski definition) is 0. The maximum atomic E-state index is 9.83. The molecule has 0 amide bonds. The normalized spacial score (nSPS) is 16.8. The van der Waals surface area contributed by atoms with E-state index in [2.05, 4.69) is 0 Å². The molecule has 0 fully saturated rings. The largest absolute Gasteiger partial charge is 0.455 e. The van der Waals surface area contributed by atoms with Gasteiger partial charge in [0.1, 0.15) is 11.2 Å². The van der Waals surface area contributed by atoms with Crippen LogP contribution >= 0.6 is 0 Å². The Morgan fingerprint density at radius 3 is 1.72 bits per heavy atom. The highest BCUT2D eigenvalue weighted by Crippen LogP contribution is 2.45. The molecule has 0 unspecified atom stereocenters. The summed E-state index contributed by atoms with van der Waals surface area (Å²) in [5.74, 6) is 0. The fourth-order valence-electron chi connectivity index (χ4n) is 7.27. The molecular weight excluding hydrogens is 641 g/mol. The first-order chi connectivity index (χ1) is 34.2. The molecule has 0 aliphatic carbocycles.